The highest BCUT2D eigenvalue weighted by molar-refractivity contribution is 5.03. The molecule has 3 rings (SSSR count). The standard InChI is InChI=1S/C12H20N4/c1-9(10-6-13-7-10)12-15-14-8-16(12)11-4-2-3-5-11/h8-11,13H,2-7H2,1H3. The van der Waals surface area contributed by atoms with Gasteiger partial charge in [0.1, 0.15) is 12.2 Å². The van der Waals surface area contributed by atoms with Crippen LogP contribution in [0.5, 0.6) is 0 Å². The van der Waals surface area contributed by atoms with Crippen LogP contribution in [0.1, 0.15) is 50.4 Å². The Kier molecular flexibility index (Phi) is 2.67. The molecule has 0 bridgehead atoms. The third kappa shape index (κ3) is 1.65. The van der Waals surface area contributed by atoms with Crippen LogP contribution in [-0.4, -0.2) is 27.9 Å². The van der Waals surface area contributed by atoms with E-state index in [0.29, 0.717) is 12.0 Å². The molecule has 1 aromatic heterocycles. The second-order valence-electron chi connectivity index (χ2n) is 5.24. The first-order chi connectivity index (χ1) is 7.86. The normalized spacial score (nSPS) is 24.6. The SMILES string of the molecule is CC(c1nncn1C1CCCC1)C1CNC1. The van der Waals surface area contributed by atoms with Crippen LogP contribution in [-0.2, 0) is 0 Å². The zero-order chi connectivity index (χ0) is 11.0. The van der Waals surface area contributed by atoms with Crippen LogP contribution in [0.15, 0.2) is 6.33 Å². The van der Waals surface area contributed by atoms with E-state index in [1.807, 2.05) is 6.33 Å². The zero-order valence-corrected chi connectivity index (χ0v) is 9.89. The molecule has 1 saturated carbocycles. The minimum absolute atomic E-state index is 0.546. The van der Waals surface area contributed by atoms with Crippen molar-refractivity contribution in [1.82, 2.24) is 20.1 Å². The van der Waals surface area contributed by atoms with Crippen molar-refractivity contribution in [2.45, 2.75) is 44.6 Å². The van der Waals surface area contributed by atoms with Crippen LogP contribution < -0.4 is 5.32 Å². The van der Waals surface area contributed by atoms with Crippen LogP contribution in [0.2, 0.25) is 0 Å². The first-order valence-corrected chi connectivity index (χ1v) is 6.46. The second-order valence-corrected chi connectivity index (χ2v) is 5.24. The Morgan fingerprint density at radius 2 is 2.12 bits per heavy atom. The molecular weight excluding hydrogens is 200 g/mol. The van der Waals surface area contributed by atoms with E-state index in [1.54, 1.807) is 0 Å². The van der Waals surface area contributed by atoms with Gasteiger partial charge in [0.15, 0.2) is 0 Å². The first-order valence-electron chi connectivity index (χ1n) is 6.46. The molecule has 2 heterocycles. The van der Waals surface area contributed by atoms with Crippen molar-refractivity contribution >= 4 is 0 Å². The Morgan fingerprint density at radius 3 is 2.75 bits per heavy atom. The third-order valence-corrected chi connectivity index (χ3v) is 4.25. The molecule has 1 saturated heterocycles. The third-order valence-electron chi connectivity index (χ3n) is 4.25. The van der Waals surface area contributed by atoms with Gasteiger partial charge in [-0.3, -0.25) is 0 Å². The quantitative estimate of drug-likeness (QED) is 0.843. The second kappa shape index (κ2) is 4.17. The van der Waals surface area contributed by atoms with Crippen molar-refractivity contribution < 1.29 is 0 Å². The van der Waals surface area contributed by atoms with Crippen LogP contribution in [0.25, 0.3) is 0 Å². The van der Waals surface area contributed by atoms with E-state index in [9.17, 15) is 0 Å². The highest BCUT2D eigenvalue weighted by Crippen LogP contribution is 2.33. The average molecular weight is 220 g/mol. The van der Waals surface area contributed by atoms with E-state index < -0.39 is 0 Å². The van der Waals surface area contributed by atoms with Gasteiger partial charge >= 0.3 is 0 Å². The van der Waals surface area contributed by atoms with Crippen molar-refractivity contribution in [3.63, 3.8) is 0 Å². The summed E-state index contributed by atoms with van der Waals surface area (Å²) < 4.78 is 2.34. The van der Waals surface area contributed by atoms with Crippen molar-refractivity contribution in [2.24, 2.45) is 5.92 Å². The van der Waals surface area contributed by atoms with Crippen molar-refractivity contribution in [2.75, 3.05) is 13.1 Å². The predicted molar refractivity (Wildman–Crippen MR) is 62.3 cm³/mol. The Labute approximate surface area is 96.4 Å². The van der Waals surface area contributed by atoms with Crippen LogP contribution in [0.3, 0.4) is 0 Å². The monoisotopic (exact) mass is 220 g/mol. The lowest BCUT2D eigenvalue weighted by atomic mass is 9.88. The summed E-state index contributed by atoms with van der Waals surface area (Å²) in [6.07, 6.45) is 7.28. The summed E-state index contributed by atoms with van der Waals surface area (Å²) in [5.41, 5.74) is 0. The minimum Gasteiger partial charge on any atom is -0.316 e. The Balaban J connectivity index is 1.80. The molecule has 1 aliphatic carbocycles. The lowest BCUT2D eigenvalue weighted by Crippen LogP contribution is -2.45. The highest BCUT2D eigenvalue weighted by Gasteiger charge is 2.30. The molecule has 1 atom stereocenters. The van der Waals surface area contributed by atoms with Gasteiger partial charge in [0.05, 0.1) is 0 Å². The highest BCUT2D eigenvalue weighted by atomic mass is 15.3. The molecule has 16 heavy (non-hydrogen) atoms. The number of nitrogens with zero attached hydrogens (tertiary/aromatic N) is 3. The lowest BCUT2D eigenvalue weighted by Gasteiger charge is -2.32. The topological polar surface area (TPSA) is 42.7 Å². The summed E-state index contributed by atoms with van der Waals surface area (Å²) in [5.74, 6) is 2.51. The Hall–Kier alpha value is -0.900. The van der Waals surface area contributed by atoms with E-state index in [2.05, 4.69) is 27.0 Å². The molecule has 0 amide bonds. The molecule has 2 fully saturated rings. The van der Waals surface area contributed by atoms with Gasteiger partial charge in [0.25, 0.3) is 0 Å². The van der Waals surface area contributed by atoms with Gasteiger partial charge in [0, 0.05) is 12.0 Å². The van der Waals surface area contributed by atoms with E-state index in [1.165, 1.54) is 31.5 Å². The van der Waals surface area contributed by atoms with Gasteiger partial charge in [-0.1, -0.05) is 19.8 Å². The molecule has 1 unspecified atom stereocenters. The van der Waals surface area contributed by atoms with Crippen molar-refractivity contribution in [3.05, 3.63) is 12.2 Å². The van der Waals surface area contributed by atoms with Gasteiger partial charge in [0.2, 0.25) is 0 Å². The average Bonchev–Trinajstić information content (AvgIpc) is 2.85. The van der Waals surface area contributed by atoms with Gasteiger partial charge in [-0.15, -0.1) is 10.2 Å². The number of hydrogen-bond donors (Lipinski definition) is 1. The van der Waals surface area contributed by atoms with Crippen molar-refractivity contribution in [3.8, 4) is 0 Å². The van der Waals surface area contributed by atoms with Gasteiger partial charge in [-0.2, -0.15) is 0 Å². The summed E-state index contributed by atoms with van der Waals surface area (Å²) >= 11 is 0. The number of nitrogens with one attached hydrogen (secondary N) is 1. The summed E-state index contributed by atoms with van der Waals surface area (Å²) in [4.78, 5) is 0. The fraction of sp³-hybridized carbons (Fsp3) is 0.833. The molecule has 88 valence electrons. The van der Waals surface area contributed by atoms with E-state index in [-0.39, 0.29) is 0 Å². The molecule has 0 aromatic carbocycles. The number of aromatic nitrogens is 3. The lowest BCUT2D eigenvalue weighted by molar-refractivity contribution is 0.286. The predicted octanol–water partition coefficient (Wildman–Crippen LogP) is 1.72. The number of rotatable bonds is 3. The molecule has 1 N–H and O–H groups in total. The van der Waals surface area contributed by atoms with E-state index in [4.69, 9.17) is 0 Å². The van der Waals surface area contributed by atoms with E-state index >= 15 is 0 Å². The minimum atomic E-state index is 0.546. The van der Waals surface area contributed by atoms with Crippen LogP contribution in [0.4, 0.5) is 0 Å². The summed E-state index contributed by atoms with van der Waals surface area (Å²) in [7, 11) is 0. The first kappa shape index (κ1) is 10.3. The van der Waals surface area contributed by atoms with Crippen LogP contribution >= 0.6 is 0 Å². The summed E-state index contributed by atoms with van der Waals surface area (Å²) in [6, 6.07) is 0.667. The molecule has 1 aliphatic heterocycles. The summed E-state index contributed by atoms with van der Waals surface area (Å²) in [6.45, 7) is 4.57. The molecule has 0 radical (unpaired) electrons. The fourth-order valence-corrected chi connectivity index (χ4v) is 2.92. The van der Waals surface area contributed by atoms with Gasteiger partial charge in [-0.05, 0) is 31.8 Å². The maximum atomic E-state index is 4.35. The maximum Gasteiger partial charge on any atom is 0.136 e. The van der Waals surface area contributed by atoms with Crippen LogP contribution in [0, 0.1) is 5.92 Å². The molecule has 0 spiro atoms. The molecule has 4 nitrogen and oxygen atoms in total. The van der Waals surface area contributed by atoms with Crippen molar-refractivity contribution in [1.29, 1.82) is 0 Å². The molecule has 4 heteroatoms. The summed E-state index contributed by atoms with van der Waals surface area (Å²) in [5, 5.41) is 11.8. The smallest absolute Gasteiger partial charge is 0.136 e. The van der Waals surface area contributed by atoms with Gasteiger partial charge in [-0.25, -0.2) is 0 Å². The number of hydrogen-bond acceptors (Lipinski definition) is 3. The largest absolute Gasteiger partial charge is 0.316 e. The maximum absolute atomic E-state index is 4.35. The fourth-order valence-electron chi connectivity index (χ4n) is 2.92. The zero-order valence-electron chi connectivity index (χ0n) is 9.89. The molecule has 2 aliphatic rings. The van der Waals surface area contributed by atoms with E-state index in [0.717, 1.165) is 19.0 Å². The molecular formula is C12H20N4. The Morgan fingerprint density at radius 1 is 1.38 bits per heavy atom. The Bertz CT molecular complexity index is 350. The van der Waals surface area contributed by atoms with Gasteiger partial charge < -0.3 is 9.88 Å². The molecule has 1 aromatic rings.